The minimum atomic E-state index is -0.151. The number of hydrogen-bond donors (Lipinski definition) is 1. The van der Waals surface area contributed by atoms with Gasteiger partial charge >= 0.3 is 5.97 Å². The van der Waals surface area contributed by atoms with Gasteiger partial charge in [-0.2, -0.15) is 0 Å². The number of aliphatic hydroxyl groups is 1. The molecule has 0 amide bonds. The van der Waals surface area contributed by atoms with E-state index >= 15 is 0 Å². The van der Waals surface area contributed by atoms with Gasteiger partial charge in [-0.15, -0.1) is 11.8 Å². The largest absolute Gasteiger partial charge is 0.466 e. The lowest BCUT2D eigenvalue weighted by Gasteiger charge is -2.12. The number of rotatable bonds is 7. The molecule has 106 valence electrons. The van der Waals surface area contributed by atoms with E-state index in [1.807, 2.05) is 12.1 Å². The van der Waals surface area contributed by atoms with Crippen molar-refractivity contribution in [1.82, 2.24) is 0 Å². The molecular weight excluding hydrogens is 284 g/mol. The molecule has 1 atom stereocenters. The lowest BCUT2D eigenvalue weighted by molar-refractivity contribution is -0.143. The van der Waals surface area contributed by atoms with Crippen LogP contribution in [0.1, 0.15) is 32.3 Å². The molecule has 0 saturated heterocycles. The lowest BCUT2D eigenvalue weighted by Crippen LogP contribution is -2.07. The molecule has 0 saturated carbocycles. The summed E-state index contributed by atoms with van der Waals surface area (Å²) in [6, 6.07) is 5.59. The standard InChI is InChI=1S/C14H19ClO3S/c1-3-18-14(17)7-4-10(2)19-12-5-6-13(15)11(8-12)9-16/h5-6,8,10,16H,3-4,7,9H2,1-2H3. The highest BCUT2D eigenvalue weighted by Crippen LogP contribution is 2.29. The van der Waals surface area contributed by atoms with Gasteiger partial charge in [0.2, 0.25) is 0 Å². The van der Waals surface area contributed by atoms with Crippen LogP contribution >= 0.6 is 23.4 Å². The van der Waals surface area contributed by atoms with Crippen LogP contribution in [0.5, 0.6) is 0 Å². The number of carbonyl (C=O) groups excluding carboxylic acids is 1. The van der Waals surface area contributed by atoms with Crippen molar-refractivity contribution in [3.05, 3.63) is 28.8 Å². The zero-order valence-electron chi connectivity index (χ0n) is 11.2. The number of benzene rings is 1. The molecular formula is C14H19ClO3S. The third-order valence-corrected chi connectivity index (χ3v) is 4.12. The Labute approximate surface area is 123 Å². The summed E-state index contributed by atoms with van der Waals surface area (Å²) in [5.41, 5.74) is 0.726. The number of aliphatic hydroxyl groups excluding tert-OH is 1. The van der Waals surface area contributed by atoms with Gasteiger partial charge in [-0.1, -0.05) is 18.5 Å². The summed E-state index contributed by atoms with van der Waals surface area (Å²) >= 11 is 7.60. The van der Waals surface area contributed by atoms with Crippen molar-refractivity contribution >= 4 is 29.3 Å². The molecule has 1 rings (SSSR count). The molecule has 5 heteroatoms. The molecule has 19 heavy (non-hydrogen) atoms. The molecule has 0 aliphatic rings. The van der Waals surface area contributed by atoms with Crippen molar-refractivity contribution < 1.29 is 14.6 Å². The van der Waals surface area contributed by atoms with Crippen LogP contribution in [0.4, 0.5) is 0 Å². The highest BCUT2D eigenvalue weighted by Gasteiger charge is 2.10. The first-order valence-corrected chi connectivity index (χ1v) is 7.54. The Balaban J connectivity index is 2.48. The third kappa shape index (κ3) is 5.85. The molecule has 1 N–H and O–H groups in total. The topological polar surface area (TPSA) is 46.5 Å². The van der Waals surface area contributed by atoms with E-state index in [1.54, 1.807) is 24.8 Å². The maximum atomic E-state index is 11.3. The van der Waals surface area contributed by atoms with Gasteiger partial charge in [0.05, 0.1) is 13.2 Å². The summed E-state index contributed by atoms with van der Waals surface area (Å²) in [7, 11) is 0. The van der Waals surface area contributed by atoms with Crippen LogP contribution in [0.15, 0.2) is 23.1 Å². The van der Waals surface area contributed by atoms with Crippen LogP contribution in [0.3, 0.4) is 0 Å². The molecule has 0 bridgehead atoms. The van der Waals surface area contributed by atoms with Gasteiger partial charge in [0.25, 0.3) is 0 Å². The van der Waals surface area contributed by atoms with Crippen molar-refractivity contribution in [3.63, 3.8) is 0 Å². The van der Waals surface area contributed by atoms with E-state index in [-0.39, 0.29) is 12.6 Å². The molecule has 1 unspecified atom stereocenters. The van der Waals surface area contributed by atoms with Crippen LogP contribution in [0.25, 0.3) is 0 Å². The fourth-order valence-electron chi connectivity index (χ4n) is 1.59. The lowest BCUT2D eigenvalue weighted by atomic mass is 10.2. The monoisotopic (exact) mass is 302 g/mol. The molecule has 0 aromatic heterocycles. The molecule has 0 heterocycles. The maximum Gasteiger partial charge on any atom is 0.305 e. The molecule has 0 radical (unpaired) electrons. The van der Waals surface area contributed by atoms with E-state index in [4.69, 9.17) is 21.4 Å². The van der Waals surface area contributed by atoms with E-state index in [0.29, 0.717) is 23.3 Å². The van der Waals surface area contributed by atoms with E-state index in [1.165, 1.54) is 0 Å². The van der Waals surface area contributed by atoms with Gasteiger partial charge < -0.3 is 9.84 Å². The second kappa shape index (κ2) is 8.46. The second-order valence-electron chi connectivity index (χ2n) is 4.18. The highest BCUT2D eigenvalue weighted by molar-refractivity contribution is 7.99. The zero-order valence-corrected chi connectivity index (χ0v) is 12.8. The van der Waals surface area contributed by atoms with Crippen molar-refractivity contribution in [2.24, 2.45) is 0 Å². The minimum Gasteiger partial charge on any atom is -0.466 e. The first kappa shape index (κ1) is 16.3. The van der Waals surface area contributed by atoms with Crippen LogP contribution < -0.4 is 0 Å². The van der Waals surface area contributed by atoms with Gasteiger partial charge in [-0.3, -0.25) is 4.79 Å². The fraction of sp³-hybridized carbons (Fsp3) is 0.500. The van der Waals surface area contributed by atoms with Crippen molar-refractivity contribution in [1.29, 1.82) is 0 Å². The van der Waals surface area contributed by atoms with Gasteiger partial charge in [0, 0.05) is 21.6 Å². The Hall–Kier alpha value is -0.710. The van der Waals surface area contributed by atoms with Crippen LogP contribution in [0.2, 0.25) is 5.02 Å². The van der Waals surface area contributed by atoms with Crippen molar-refractivity contribution in [2.45, 2.75) is 43.4 Å². The number of hydrogen-bond acceptors (Lipinski definition) is 4. The first-order chi connectivity index (χ1) is 9.06. The Bertz CT molecular complexity index is 423. The number of carbonyl (C=O) groups is 1. The summed E-state index contributed by atoms with van der Waals surface area (Å²) in [5, 5.41) is 10.0. The Morgan fingerprint density at radius 3 is 2.89 bits per heavy atom. The second-order valence-corrected chi connectivity index (χ2v) is 6.10. The predicted octanol–water partition coefficient (Wildman–Crippen LogP) is 3.66. The molecule has 0 fully saturated rings. The van der Waals surface area contributed by atoms with Gasteiger partial charge in [-0.25, -0.2) is 0 Å². The van der Waals surface area contributed by atoms with E-state index in [9.17, 15) is 4.79 Å². The Kier molecular flexibility index (Phi) is 7.28. The van der Waals surface area contributed by atoms with Crippen LogP contribution in [-0.4, -0.2) is 22.9 Å². The van der Waals surface area contributed by atoms with Gasteiger partial charge in [-0.05, 0) is 37.1 Å². The molecule has 1 aromatic carbocycles. The summed E-state index contributed by atoms with van der Waals surface area (Å²) in [6.45, 7) is 4.24. The Morgan fingerprint density at radius 2 is 2.26 bits per heavy atom. The SMILES string of the molecule is CCOC(=O)CCC(C)Sc1ccc(Cl)c(CO)c1. The average Bonchev–Trinajstić information content (AvgIpc) is 2.39. The summed E-state index contributed by atoms with van der Waals surface area (Å²) in [5.74, 6) is -0.151. The van der Waals surface area contributed by atoms with Gasteiger partial charge in [0.15, 0.2) is 0 Å². The number of esters is 1. The van der Waals surface area contributed by atoms with E-state index in [2.05, 4.69) is 6.92 Å². The van der Waals surface area contributed by atoms with E-state index < -0.39 is 0 Å². The van der Waals surface area contributed by atoms with Crippen LogP contribution in [0, 0.1) is 0 Å². The van der Waals surface area contributed by atoms with E-state index in [0.717, 1.165) is 16.9 Å². The molecule has 0 spiro atoms. The molecule has 3 nitrogen and oxygen atoms in total. The average molecular weight is 303 g/mol. The molecule has 0 aliphatic carbocycles. The van der Waals surface area contributed by atoms with Crippen LogP contribution in [-0.2, 0) is 16.1 Å². The first-order valence-electron chi connectivity index (χ1n) is 6.28. The number of ether oxygens (including phenoxy) is 1. The predicted molar refractivity (Wildman–Crippen MR) is 78.6 cm³/mol. The quantitative estimate of drug-likeness (QED) is 0.617. The number of halogens is 1. The summed E-state index contributed by atoms with van der Waals surface area (Å²) < 4.78 is 4.90. The van der Waals surface area contributed by atoms with Gasteiger partial charge in [0.1, 0.15) is 0 Å². The van der Waals surface area contributed by atoms with Crippen molar-refractivity contribution in [2.75, 3.05) is 6.61 Å². The molecule has 0 aliphatic heterocycles. The normalized spacial score (nSPS) is 12.2. The number of thioether (sulfide) groups is 1. The summed E-state index contributed by atoms with van der Waals surface area (Å²) in [4.78, 5) is 12.3. The summed E-state index contributed by atoms with van der Waals surface area (Å²) in [6.07, 6.45) is 1.20. The third-order valence-electron chi connectivity index (χ3n) is 2.59. The smallest absolute Gasteiger partial charge is 0.305 e. The zero-order chi connectivity index (χ0) is 14.3. The Morgan fingerprint density at radius 1 is 1.53 bits per heavy atom. The fourth-order valence-corrected chi connectivity index (χ4v) is 2.83. The van der Waals surface area contributed by atoms with Crippen molar-refractivity contribution in [3.8, 4) is 0 Å². The molecule has 1 aromatic rings. The minimum absolute atomic E-state index is 0.0650. The maximum absolute atomic E-state index is 11.3. The highest BCUT2D eigenvalue weighted by atomic mass is 35.5.